The van der Waals surface area contributed by atoms with Crippen molar-refractivity contribution in [3.63, 3.8) is 0 Å². The summed E-state index contributed by atoms with van der Waals surface area (Å²) in [5.74, 6) is 0. The molecule has 0 amide bonds. The Balaban J connectivity index is 2.34. The van der Waals surface area contributed by atoms with E-state index in [-0.39, 0.29) is 0 Å². The highest BCUT2D eigenvalue weighted by atomic mass is 79.9. The van der Waals surface area contributed by atoms with Crippen LogP contribution in [0.4, 0.5) is 0 Å². The molecule has 0 spiro atoms. The molecule has 0 aliphatic rings. The molecule has 0 N–H and O–H groups in total. The maximum Gasteiger partial charge on any atom is 0.0954 e. The van der Waals surface area contributed by atoms with E-state index in [0.717, 1.165) is 0 Å². The van der Waals surface area contributed by atoms with E-state index in [1.54, 1.807) is 11.3 Å². The molecule has 38 valence electrons. The molecule has 0 aromatic rings. The van der Waals surface area contributed by atoms with Gasteiger partial charge in [0.05, 0.1) is 8.14 Å². The molecule has 0 saturated carbocycles. The second-order valence-corrected chi connectivity index (χ2v) is 11.7. The molecule has 0 unspecified atom stereocenters. The molecule has 0 atom stereocenters. The zero-order chi connectivity index (χ0) is 4.83. The zero-order valence-corrected chi connectivity index (χ0v) is 10.6. The molecule has 0 bridgehead atoms. The lowest BCUT2D eigenvalue weighted by Gasteiger charge is -1.82. The Hall–Kier alpha value is 1.13. The summed E-state index contributed by atoms with van der Waals surface area (Å²) in [5, 5.41) is 0. The van der Waals surface area contributed by atoms with Crippen LogP contribution in [-0.4, -0.2) is 27.9 Å². The minimum absolute atomic E-state index is 0.299. The fourth-order valence-electron chi connectivity index (χ4n) is 0.344. The second kappa shape index (κ2) is 6.13. The Morgan fingerprint density at radius 3 is 2.50 bits per heavy atom. The molecule has 0 aliphatic heterocycles. The Morgan fingerprint density at radius 2 is 2.33 bits per heavy atom. The smallest absolute Gasteiger partial charge is 0.0954 e. The first-order valence-corrected chi connectivity index (χ1v) is 10.8. The molecule has 0 fully saturated rings. The summed E-state index contributed by atoms with van der Waals surface area (Å²) in [4.78, 5) is 0. The van der Waals surface area contributed by atoms with Crippen LogP contribution in [-0.2, 0) is 0 Å². The lowest BCUT2D eigenvalue weighted by molar-refractivity contribution is 1.91. The van der Waals surface area contributed by atoms with Gasteiger partial charge in [0.2, 0.25) is 0 Å². The summed E-state index contributed by atoms with van der Waals surface area (Å²) >= 11 is 3.54. The fourth-order valence-corrected chi connectivity index (χ4v) is 11.2. The summed E-state index contributed by atoms with van der Waals surface area (Å²) < 4.78 is 0. The van der Waals surface area contributed by atoms with E-state index in [4.69, 9.17) is 0 Å². The Kier molecular flexibility index (Phi) is 7.29. The van der Waals surface area contributed by atoms with Gasteiger partial charge < -0.3 is 0 Å². The van der Waals surface area contributed by atoms with Gasteiger partial charge in [0.1, 0.15) is 0 Å². The van der Waals surface area contributed by atoms with E-state index in [0.29, 0.717) is 17.7 Å². The van der Waals surface area contributed by atoms with E-state index >= 15 is 0 Å². The van der Waals surface area contributed by atoms with Gasteiger partial charge in [-0.1, -0.05) is 11.3 Å². The zero-order valence-electron chi connectivity index (χ0n) is 4.21. The molecule has 4 heteroatoms. The number of hydrogen-bond donors (Lipinski definition) is 0. The molecule has 0 radical (unpaired) electrons. The van der Waals surface area contributed by atoms with Crippen molar-refractivity contribution in [2.75, 3.05) is 0 Å². The topological polar surface area (TPSA) is 0 Å². The first kappa shape index (κ1) is 7.13. The van der Waals surface area contributed by atoms with Gasteiger partial charge in [0, 0.05) is 9.52 Å². The molecule has 0 aromatic carbocycles. The third-order valence-corrected chi connectivity index (χ3v) is 11.7. The van der Waals surface area contributed by atoms with Crippen LogP contribution in [0.2, 0.25) is 11.3 Å². The summed E-state index contributed by atoms with van der Waals surface area (Å²) in [6, 6.07) is 0. The lowest BCUT2D eigenvalue weighted by Crippen LogP contribution is -1.89. The first-order chi connectivity index (χ1) is 2.91. The van der Waals surface area contributed by atoms with E-state index in [2.05, 4.69) is 15.3 Å². The van der Waals surface area contributed by atoms with Crippen molar-refractivity contribution in [2.45, 2.75) is 11.3 Å². The SMILES string of the molecule is [SiH3]C[SiH2]C[SiH2]Br. The normalized spacial score (nSPS) is 13.5. The van der Waals surface area contributed by atoms with Crippen LogP contribution >= 0.6 is 15.3 Å². The molecular weight excluding hydrogens is 188 g/mol. The Bertz CT molecular complexity index is 20.8. The fraction of sp³-hybridized carbons (Fsp3) is 1.00. The third-order valence-electron chi connectivity index (χ3n) is 0.737. The molecule has 0 aliphatic carbocycles. The molecule has 0 aromatic heterocycles. The van der Waals surface area contributed by atoms with E-state index in [9.17, 15) is 0 Å². The van der Waals surface area contributed by atoms with Crippen molar-refractivity contribution >= 4 is 43.2 Å². The van der Waals surface area contributed by atoms with E-state index in [1.807, 2.05) is 0 Å². The van der Waals surface area contributed by atoms with Gasteiger partial charge in [-0.2, -0.15) is 0 Å². The van der Waals surface area contributed by atoms with Crippen LogP contribution in [0.25, 0.3) is 0 Å². The lowest BCUT2D eigenvalue weighted by atomic mass is 11.8. The molecule has 6 heavy (non-hydrogen) atoms. The first-order valence-electron chi connectivity index (χ1n) is 2.47. The van der Waals surface area contributed by atoms with Crippen LogP contribution in [0, 0.1) is 0 Å². The highest BCUT2D eigenvalue weighted by Gasteiger charge is 1.79. The quantitative estimate of drug-likeness (QED) is 0.303. The van der Waals surface area contributed by atoms with Crippen LogP contribution < -0.4 is 0 Å². The van der Waals surface area contributed by atoms with Crippen LogP contribution in [0.3, 0.4) is 0 Å². The minimum atomic E-state index is 0.299. The second-order valence-electron chi connectivity index (χ2n) is 1.40. The summed E-state index contributed by atoms with van der Waals surface area (Å²) in [5.41, 5.74) is 3.28. The Labute approximate surface area is 54.7 Å². The standard InChI is InChI=1S/C2H11BrSi3/c3-6-2-5-1-4/h1-2,5-6H2,4H3. The van der Waals surface area contributed by atoms with Crippen LogP contribution in [0.15, 0.2) is 0 Å². The Morgan fingerprint density at radius 1 is 1.67 bits per heavy atom. The maximum atomic E-state index is 3.54. The average Bonchev–Trinajstić information content (AvgIpc) is 1.61. The molecule has 0 heterocycles. The summed E-state index contributed by atoms with van der Waals surface area (Å²) in [6.45, 7) is 0. The van der Waals surface area contributed by atoms with Gasteiger partial charge in [-0.3, -0.25) is 0 Å². The highest BCUT2D eigenvalue weighted by Crippen LogP contribution is 1.82. The van der Waals surface area contributed by atoms with Gasteiger partial charge in [0.15, 0.2) is 0 Å². The predicted molar refractivity (Wildman–Crippen MR) is 45.6 cm³/mol. The maximum absolute atomic E-state index is 3.54. The molecule has 0 rings (SSSR count). The van der Waals surface area contributed by atoms with E-state index < -0.39 is 0 Å². The summed E-state index contributed by atoms with van der Waals surface area (Å²) in [7, 11) is 2.26. The van der Waals surface area contributed by atoms with Gasteiger partial charge >= 0.3 is 0 Å². The van der Waals surface area contributed by atoms with Crippen molar-refractivity contribution in [2.24, 2.45) is 0 Å². The van der Waals surface area contributed by atoms with E-state index in [1.165, 1.54) is 10.2 Å². The minimum Gasteiger partial charge on any atom is -0.136 e. The van der Waals surface area contributed by atoms with Gasteiger partial charge in [-0.15, -0.1) is 15.3 Å². The van der Waals surface area contributed by atoms with Gasteiger partial charge in [-0.05, 0) is 10.2 Å². The van der Waals surface area contributed by atoms with Crippen molar-refractivity contribution < 1.29 is 0 Å². The molecular formula is C2H11BrSi3. The molecule has 0 nitrogen and oxygen atoms in total. The average molecular weight is 199 g/mol. The predicted octanol–water partition coefficient (Wildman–Crippen LogP) is -1.25. The molecule has 0 saturated heterocycles. The highest BCUT2D eigenvalue weighted by molar-refractivity contribution is 9.23. The number of hydrogen-bond acceptors (Lipinski definition) is 0. The van der Waals surface area contributed by atoms with Crippen molar-refractivity contribution in [3.05, 3.63) is 0 Å². The van der Waals surface area contributed by atoms with Crippen molar-refractivity contribution in [1.29, 1.82) is 0 Å². The monoisotopic (exact) mass is 198 g/mol. The largest absolute Gasteiger partial charge is 0.136 e. The van der Waals surface area contributed by atoms with Crippen molar-refractivity contribution in [1.82, 2.24) is 0 Å². The summed E-state index contributed by atoms with van der Waals surface area (Å²) in [6.07, 6.45) is 0. The van der Waals surface area contributed by atoms with Gasteiger partial charge in [0.25, 0.3) is 0 Å². The van der Waals surface area contributed by atoms with Crippen molar-refractivity contribution in [3.8, 4) is 0 Å². The van der Waals surface area contributed by atoms with Gasteiger partial charge in [-0.25, -0.2) is 0 Å². The van der Waals surface area contributed by atoms with Crippen LogP contribution in [0.1, 0.15) is 0 Å². The third kappa shape index (κ3) is 5.13. The van der Waals surface area contributed by atoms with Crippen LogP contribution in [0.5, 0.6) is 0 Å². The number of rotatable bonds is 3. The number of halogens is 1.